The number of anilines is 1. The van der Waals surface area contributed by atoms with Gasteiger partial charge in [-0.15, -0.1) is 0 Å². The number of hydrogen-bond acceptors (Lipinski definition) is 3. The van der Waals surface area contributed by atoms with Crippen LogP contribution in [0.3, 0.4) is 0 Å². The van der Waals surface area contributed by atoms with E-state index in [-0.39, 0.29) is 11.9 Å². The largest absolute Gasteiger partial charge is 0.320 e. The third kappa shape index (κ3) is 1.97. The van der Waals surface area contributed by atoms with E-state index in [1.165, 1.54) is 11.1 Å². The normalized spacial score (nSPS) is 15.7. The van der Waals surface area contributed by atoms with Crippen molar-refractivity contribution in [3.63, 3.8) is 0 Å². The number of rotatable bonds is 2. The van der Waals surface area contributed by atoms with Crippen LogP contribution in [0.15, 0.2) is 29.0 Å². The number of carbonyl (C=O) groups is 1. The molecule has 0 radical (unpaired) electrons. The summed E-state index contributed by atoms with van der Waals surface area (Å²) < 4.78 is 0. The summed E-state index contributed by atoms with van der Waals surface area (Å²) in [5.41, 5.74) is 11.9. The van der Waals surface area contributed by atoms with Gasteiger partial charge in [0.05, 0.1) is 12.5 Å². The smallest absolute Gasteiger partial charge is 0.231 e. The van der Waals surface area contributed by atoms with Crippen LogP contribution in [-0.4, -0.2) is 13.0 Å². The predicted molar refractivity (Wildman–Crippen MR) is 78.6 cm³/mol. The zero-order valence-electron chi connectivity index (χ0n) is 11.0. The average molecular weight is 272 g/mol. The highest BCUT2D eigenvalue weighted by atomic mass is 32.1. The maximum Gasteiger partial charge on any atom is 0.231 e. The minimum atomic E-state index is -0.113. The monoisotopic (exact) mass is 272 g/mol. The van der Waals surface area contributed by atoms with Gasteiger partial charge in [-0.05, 0) is 46.0 Å². The Labute approximate surface area is 116 Å². The minimum absolute atomic E-state index is 0.113. The van der Waals surface area contributed by atoms with Gasteiger partial charge in [0.15, 0.2) is 0 Å². The van der Waals surface area contributed by atoms with E-state index >= 15 is 0 Å². The Kier molecular flexibility index (Phi) is 2.92. The highest BCUT2D eigenvalue weighted by molar-refractivity contribution is 7.08. The van der Waals surface area contributed by atoms with Crippen molar-refractivity contribution < 1.29 is 4.79 Å². The molecule has 2 N–H and O–H groups in total. The van der Waals surface area contributed by atoms with Crippen LogP contribution in [0.25, 0.3) is 0 Å². The Morgan fingerprint density at radius 3 is 2.84 bits per heavy atom. The van der Waals surface area contributed by atoms with Crippen LogP contribution in [0.2, 0.25) is 0 Å². The SMILES string of the molecule is Cc1cscc1C(N)c1ccc2c(c1)CC(=O)N2C. The second kappa shape index (κ2) is 4.47. The highest BCUT2D eigenvalue weighted by Gasteiger charge is 2.25. The van der Waals surface area contributed by atoms with Crippen molar-refractivity contribution in [2.75, 3.05) is 11.9 Å². The Hall–Kier alpha value is -1.65. The molecule has 1 aliphatic rings. The molecule has 0 bridgehead atoms. The topological polar surface area (TPSA) is 46.3 Å². The molecule has 4 heteroatoms. The summed E-state index contributed by atoms with van der Waals surface area (Å²) in [5, 5.41) is 4.21. The molecule has 2 heterocycles. The second-order valence-corrected chi connectivity index (χ2v) is 5.75. The van der Waals surface area contributed by atoms with E-state index in [1.807, 2.05) is 19.2 Å². The fourth-order valence-electron chi connectivity index (χ4n) is 2.55. The van der Waals surface area contributed by atoms with Crippen molar-refractivity contribution in [2.45, 2.75) is 19.4 Å². The number of hydrogen-bond donors (Lipinski definition) is 1. The summed E-state index contributed by atoms with van der Waals surface area (Å²) in [4.78, 5) is 13.4. The summed E-state index contributed by atoms with van der Waals surface area (Å²) in [6.45, 7) is 2.08. The summed E-state index contributed by atoms with van der Waals surface area (Å²) in [7, 11) is 1.82. The van der Waals surface area contributed by atoms with E-state index in [0.29, 0.717) is 6.42 Å². The van der Waals surface area contributed by atoms with Crippen LogP contribution in [0, 0.1) is 6.92 Å². The molecular formula is C15H16N2OS. The van der Waals surface area contributed by atoms with Crippen molar-refractivity contribution in [2.24, 2.45) is 5.73 Å². The van der Waals surface area contributed by atoms with Gasteiger partial charge in [0.2, 0.25) is 5.91 Å². The summed E-state index contributed by atoms with van der Waals surface area (Å²) in [5.74, 6) is 0.146. The molecule has 1 atom stereocenters. The number of carbonyl (C=O) groups excluding carboxylic acids is 1. The van der Waals surface area contributed by atoms with E-state index in [2.05, 4.69) is 23.8 Å². The maximum atomic E-state index is 11.7. The van der Waals surface area contributed by atoms with Crippen LogP contribution >= 0.6 is 11.3 Å². The quantitative estimate of drug-likeness (QED) is 0.913. The van der Waals surface area contributed by atoms with Gasteiger partial charge in [0.25, 0.3) is 0 Å². The van der Waals surface area contributed by atoms with Crippen molar-refractivity contribution in [3.05, 3.63) is 51.2 Å². The Morgan fingerprint density at radius 1 is 1.37 bits per heavy atom. The number of likely N-dealkylation sites (N-methyl/N-ethyl adjacent to an activating group) is 1. The zero-order valence-corrected chi connectivity index (χ0v) is 11.8. The molecule has 0 aliphatic carbocycles. The number of benzene rings is 1. The number of aryl methyl sites for hydroxylation is 1. The standard InChI is InChI=1S/C15H16N2OS/c1-9-7-19-8-12(9)15(16)10-3-4-13-11(5-10)6-14(18)17(13)2/h3-5,7-8,15H,6,16H2,1-2H3. The first kappa shape index (κ1) is 12.4. The van der Waals surface area contributed by atoms with Crippen molar-refractivity contribution in [3.8, 4) is 0 Å². The molecule has 19 heavy (non-hydrogen) atoms. The Balaban J connectivity index is 1.98. The highest BCUT2D eigenvalue weighted by Crippen LogP contribution is 2.32. The van der Waals surface area contributed by atoms with Crippen LogP contribution < -0.4 is 10.6 Å². The van der Waals surface area contributed by atoms with E-state index < -0.39 is 0 Å². The molecule has 1 amide bonds. The first-order chi connectivity index (χ1) is 9.08. The lowest BCUT2D eigenvalue weighted by atomic mass is 9.97. The molecule has 3 rings (SSSR count). The van der Waals surface area contributed by atoms with Gasteiger partial charge >= 0.3 is 0 Å². The van der Waals surface area contributed by atoms with Crippen LogP contribution in [0.5, 0.6) is 0 Å². The van der Waals surface area contributed by atoms with E-state index in [4.69, 9.17) is 5.73 Å². The van der Waals surface area contributed by atoms with Gasteiger partial charge in [-0.1, -0.05) is 12.1 Å². The predicted octanol–water partition coefficient (Wildman–Crippen LogP) is 2.62. The van der Waals surface area contributed by atoms with Crippen molar-refractivity contribution in [1.29, 1.82) is 0 Å². The van der Waals surface area contributed by atoms with Gasteiger partial charge in [0.1, 0.15) is 0 Å². The average Bonchev–Trinajstić information content (AvgIpc) is 2.93. The van der Waals surface area contributed by atoms with E-state index in [1.54, 1.807) is 16.2 Å². The Bertz CT molecular complexity index is 647. The lowest BCUT2D eigenvalue weighted by Crippen LogP contribution is -2.20. The number of thiophene rings is 1. The third-order valence-electron chi connectivity index (χ3n) is 3.77. The van der Waals surface area contributed by atoms with Gasteiger partial charge in [-0.2, -0.15) is 11.3 Å². The molecule has 1 aliphatic heterocycles. The molecular weight excluding hydrogens is 256 g/mol. The summed E-state index contributed by atoms with van der Waals surface area (Å²) in [6, 6.07) is 5.98. The first-order valence-corrected chi connectivity index (χ1v) is 7.20. The van der Waals surface area contributed by atoms with Crippen LogP contribution in [0.4, 0.5) is 5.69 Å². The van der Waals surface area contributed by atoms with Gasteiger partial charge < -0.3 is 10.6 Å². The van der Waals surface area contributed by atoms with Crippen molar-refractivity contribution in [1.82, 2.24) is 0 Å². The fourth-order valence-corrected chi connectivity index (χ4v) is 3.44. The summed E-state index contributed by atoms with van der Waals surface area (Å²) >= 11 is 1.67. The molecule has 3 nitrogen and oxygen atoms in total. The third-order valence-corrected chi connectivity index (χ3v) is 4.65. The second-order valence-electron chi connectivity index (χ2n) is 5.01. The number of fused-ring (bicyclic) bond motifs is 1. The molecule has 2 aromatic rings. The molecule has 0 spiro atoms. The number of nitrogens with zero attached hydrogens (tertiary/aromatic N) is 1. The minimum Gasteiger partial charge on any atom is -0.320 e. The first-order valence-electron chi connectivity index (χ1n) is 6.25. The number of amides is 1. The molecule has 1 aromatic heterocycles. The molecule has 1 aromatic carbocycles. The van der Waals surface area contributed by atoms with Gasteiger partial charge in [-0.25, -0.2) is 0 Å². The molecule has 98 valence electrons. The Morgan fingerprint density at radius 2 is 2.16 bits per heavy atom. The molecule has 1 unspecified atom stereocenters. The number of nitrogens with two attached hydrogens (primary N) is 1. The lowest BCUT2D eigenvalue weighted by Gasteiger charge is -2.15. The van der Waals surface area contributed by atoms with Gasteiger partial charge in [0, 0.05) is 12.7 Å². The van der Waals surface area contributed by atoms with Crippen LogP contribution in [0.1, 0.15) is 28.3 Å². The van der Waals surface area contributed by atoms with E-state index in [0.717, 1.165) is 16.8 Å². The van der Waals surface area contributed by atoms with Gasteiger partial charge in [-0.3, -0.25) is 4.79 Å². The molecule has 0 fully saturated rings. The van der Waals surface area contributed by atoms with Crippen molar-refractivity contribution >= 4 is 22.9 Å². The van der Waals surface area contributed by atoms with Crippen LogP contribution in [-0.2, 0) is 11.2 Å². The maximum absolute atomic E-state index is 11.7. The molecule has 0 saturated heterocycles. The zero-order chi connectivity index (χ0) is 13.6. The molecule has 0 saturated carbocycles. The van der Waals surface area contributed by atoms with E-state index in [9.17, 15) is 4.79 Å². The fraction of sp³-hybridized carbons (Fsp3) is 0.267. The lowest BCUT2D eigenvalue weighted by molar-refractivity contribution is -0.117. The summed E-state index contributed by atoms with van der Waals surface area (Å²) in [6.07, 6.45) is 0.481.